The molecule has 1 atom stereocenters. The van der Waals surface area contributed by atoms with E-state index in [-0.39, 0.29) is 11.9 Å². The Morgan fingerprint density at radius 1 is 1.19 bits per heavy atom. The van der Waals surface area contributed by atoms with Gasteiger partial charge in [0.2, 0.25) is 0 Å². The molecule has 1 heterocycles. The first-order chi connectivity index (χ1) is 10.1. The van der Waals surface area contributed by atoms with Crippen molar-refractivity contribution in [1.29, 1.82) is 0 Å². The molecule has 0 radical (unpaired) electrons. The summed E-state index contributed by atoms with van der Waals surface area (Å²) >= 11 is 12.2. The summed E-state index contributed by atoms with van der Waals surface area (Å²) in [6, 6.07) is 11.3. The Kier molecular flexibility index (Phi) is 3.74. The highest BCUT2D eigenvalue weighted by atomic mass is 35.5. The maximum atomic E-state index is 14.1. The fourth-order valence-corrected chi connectivity index (χ4v) is 2.85. The highest BCUT2D eigenvalue weighted by molar-refractivity contribution is 6.34. The van der Waals surface area contributed by atoms with Crippen LogP contribution >= 0.6 is 23.2 Å². The number of nitrogens with zero attached hydrogens (tertiary/aromatic N) is 2. The maximum absolute atomic E-state index is 14.1. The minimum absolute atomic E-state index is 0.312. The molecule has 0 aromatic heterocycles. The third kappa shape index (κ3) is 2.57. The first-order valence-corrected chi connectivity index (χ1v) is 7.12. The monoisotopic (exact) mass is 323 g/mol. The lowest BCUT2D eigenvalue weighted by molar-refractivity contribution is 0.589. The number of halogens is 3. The summed E-state index contributed by atoms with van der Waals surface area (Å²) in [6.45, 7) is 0.355. The number of para-hydroxylation sites is 1. The van der Waals surface area contributed by atoms with Crippen LogP contribution in [0, 0.1) is 5.82 Å². The molecule has 2 N–H and O–H groups in total. The minimum atomic E-state index is -0.358. The van der Waals surface area contributed by atoms with Crippen LogP contribution in [0.1, 0.15) is 11.6 Å². The molecule has 3 nitrogen and oxygen atoms in total. The zero-order valence-corrected chi connectivity index (χ0v) is 12.4. The minimum Gasteiger partial charge on any atom is -0.369 e. The Morgan fingerprint density at radius 2 is 1.95 bits per heavy atom. The first-order valence-electron chi connectivity index (χ1n) is 6.36. The van der Waals surface area contributed by atoms with Crippen LogP contribution in [0.5, 0.6) is 0 Å². The molecule has 1 aliphatic rings. The van der Waals surface area contributed by atoms with E-state index in [4.69, 9.17) is 28.9 Å². The van der Waals surface area contributed by atoms with Gasteiger partial charge in [0.25, 0.3) is 0 Å². The van der Waals surface area contributed by atoms with Gasteiger partial charge in [-0.25, -0.2) is 4.39 Å². The van der Waals surface area contributed by atoms with Crippen molar-refractivity contribution in [2.75, 3.05) is 11.4 Å². The quantitative estimate of drug-likeness (QED) is 0.907. The van der Waals surface area contributed by atoms with Crippen LogP contribution in [0.3, 0.4) is 0 Å². The van der Waals surface area contributed by atoms with Gasteiger partial charge in [-0.05, 0) is 30.3 Å². The predicted octanol–water partition coefficient (Wildman–Crippen LogP) is 4.01. The van der Waals surface area contributed by atoms with Crippen molar-refractivity contribution in [2.24, 2.45) is 10.7 Å². The van der Waals surface area contributed by atoms with Gasteiger partial charge in [0.15, 0.2) is 5.96 Å². The van der Waals surface area contributed by atoms with E-state index in [0.29, 0.717) is 33.8 Å². The Morgan fingerprint density at radius 3 is 2.71 bits per heavy atom. The van der Waals surface area contributed by atoms with Crippen molar-refractivity contribution in [3.8, 4) is 0 Å². The van der Waals surface area contributed by atoms with Crippen LogP contribution in [0.4, 0.5) is 10.1 Å². The second-order valence-corrected chi connectivity index (χ2v) is 5.55. The summed E-state index contributed by atoms with van der Waals surface area (Å²) in [5, 5.41) is 1.00. The third-order valence-corrected chi connectivity index (χ3v) is 3.97. The van der Waals surface area contributed by atoms with Gasteiger partial charge < -0.3 is 10.6 Å². The molecule has 2 aromatic rings. The molecule has 6 heteroatoms. The van der Waals surface area contributed by atoms with E-state index in [9.17, 15) is 4.39 Å². The van der Waals surface area contributed by atoms with Gasteiger partial charge in [-0.1, -0.05) is 35.3 Å². The van der Waals surface area contributed by atoms with Gasteiger partial charge in [0.1, 0.15) is 5.82 Å². The molecular formula is C15H12Cl2FN3. The van der Waals surface area contributed by atoms with Crippen LogP contribution in [0.2, 0.25) is 10.0 Å². The van der Waals surface area contributed by atoms with Crippen LogP contribution < -0.4 is 10.6 Å². The number of hydrogen-bond acceptors (Lipinski definition) is 3. The second kappa shape index (κ2) is 5.54. The van der Waals surface area contributed by atoms with Gasteiger partial charge in [-0.15, -0.1) is 0 Å². The average molecular weight is 324 g/mol. The van der Waals surface area contributed by atoms with Crippen LogP contribution in [-0.2, 0) is 0 Å². The third-order valence-electron chi connectivity index (χ3n) is 3.41. The summed E-state index contributed by atoms with van der Waals surface area (Å²) in [5.41, 5.74) is 7.10. The van der Waals surface area contributed by atoms with Gasteiger partial charge in [0.05, 0.1) is 23.3 Å². The highest BCUT2D eigenvalue weighted by Gasteiger charge is 2.31. The topological polar surface area (TPSA) is 41.6 Å². The van der Waals surface area contributed by atoms with Crippen molar-refractivity contribution >= 4 is 34.8 Å². The summed E-state index contributed by atoms with van der Waals surface area (Å²) in [7, 11) is 0. The number of hydrogen-bond donors (Lipinski definition) is 1. The van der Waals surface area contributed by atoms with E-state index in [1.54, 1.807) is 17.0 Å². The summed E-state index contributed by atoms with van der Waals surface area (Å²) < 4.78 is 14.1. The molecular weight excluding hydrogens is 312 g/mol. The number of anilines is 1. The SMILES string of the molecule is NC1=NCC(c2cc(Cl)ccc2F)N1c1ccccc1Cl. The fourth-order valence-electron chi connectivity index (χ4n) is 2.44. The first kappa shape index (κ1) is 14.2. The number of benzene rings is 2. The summed E-state index contributed by atoms with van der Waals surface area (Å²) in [6.07, 6.45) is 0. The molecule has 1 aliphatic heterocycles. The lowest BCUT2D eigenvalue weighted by Crippen LogP contribution is -2.36. The molecule has 0 saturated carbocycles. The van der Waals surface area contributed by atoms with Gasteiger partial charge in [-0.2, -0.15) is 0 Å². The Hall–Kier alpha value is -1.78. The normalized spacial score (nSPS) is 18.0. The zero-order chi connectivity index (χ0) is 15.0. The summed E-state index contributed by atoms with van der Waals surface area (Å²) in [5.74, 6) is -0.0289. The Labute approximate surface area is 131 Å². The van der Waals surface area contributed by atoms with Crippen molar-refractivity contribution in [1.82, 2.24) is 0 Å². The Bertz CT molecular complexity index is 718. The molecule has 1 unspecified atom stereocenters. The van der Waals surface area contributed by atoms with Crippen LogP contribution in [0.15, 0.2) is 47.5 Å². The molecule has 0 spiro atoms. The summed E-state index contributed by atoms with van der Waals surface area (Å²) in [4.78, 5) is 5.95. The molecule has 108 valence electrons. The van der Waals surface area contributed by atoms with Crippen molar-refractivity contribution in [3.05, 3.63) is 63.9 Å². The van der Waals surface area contributed by atoms with E-state index < -0.39 is 0 Å². The van der Waals surface area contributed by atoms with Crippen LogP contribution in [0.25, 0.3) is 0 Å². The number of guanidine groups is 1. The highest BCUT2D eigenvalue weighted by Crippen LogP contribution is 2.36. The van der Waals surface area contributed by atoms with Gasteiger partial charge >= 0.3 is 0 Å². The smallest absolute Gasteiger partial charge is 0.196 e. The number of aliphatic imine (C=N–C) groups is 1. The van der Waals surface area contributed by atoms with E-state index in [1.165, 1.54) is 12.1 Å². The van der Waals surface area contributed by atoms with Crippen molar-refractivity contribution in [2.45, 2.75) is 6.04 Å². The molecule has 0 aliphatic carbocycles. The van der Waals surface area contributed by atoms with E-state index in [1.807, 2.05) is 18.2 Å². The molecule has 0 amide bonds. The van der Waals surface area contributed by atoms with Crippen molar-refractivity contribution < 1.29 is 4.39 Å². The maximum Gasteiger partial charge on any atom is 0.196 e. The fraction of sp³-hybridized carbons (Fsp3) is 0.133. The van der Waals surface area contributed by atoms with E-state index in [2.05, 4.69) is 4.99 Å². The van der Waals surface area contributed by atoms with Crippen molar-refractivity contribution in [3.63, 3.8) is 0 Å². The van der Waals surface area contributed by atoms with Crippen LogP contribution in [-0.4, -0.2) is 12.5 Å². The average Bonchev–Trinajstić information content (AvgIpc) is 2.84. The molecule has 0 bridgehead atoms. The zero-order valence-electron chi connectivity index (χ0n) is 10.9. The molecule has 3 rings (SSSR count). The second-order valence-electron chi connectivity index (χ2n) is 4.70. The standard InChI is InChI=1S/C15H12Cl2FN3/c16-9-5-6-12(18)10(7-9)14-8-20-15(19)21(14)13-4-2-1-3-11(13)17/h1-7,14H,8H2,(H2,19,20). The lowest BCUT2D eigenvalue weighted by Gasteiger charge is -2.27. The Balaban J connectivity index is 2.07. The molecule has 2 aromatic carbocycles. The van der Waals surface area contributed by atoms with E-state index >= 15 is 0 Å². The van der Waals surface area contributed by atoms with Gasteiger partial charge in [-0.3, -0.25) is 4.99 Å². The lowest BCUT2D eigenvalue weighted by atomic mass is 10.0. The number of nitrogens with two attached hydrogens (primary N) is 1. The van der Waals surface area contributed by atoms with E-state index in [0.717, 1.165) is 0 Å². The number of rotatable bonds is 2. The molecule has 0 saturated heterocycles. The largest absolute Gasteiger partial charge is 0.369 e. The molecule has 0 fully saturated rings. The molecule has 21 heavy (non-hydrogen) atoms. The predicted molar refractivity (Wildman–Crippen MR) is 84.6 cm³/mol. The van der Waals surface area contributed by atoms with Gasteiger partial charge in [0, 0.05) is 10.6 Å².